The molecular weight excluding hydrogens is 246 g/mol. The Bertz CT molecular complexity index is 567. The minimum Gasteiger partial charge on any atom is -0.312 e. The standard InChI is InChI=1S/C17H25N3/c1-18-15(12-13-8-4-3-5-9-13)17-14-10-6-7-11-16(14)20(2)19-17/h6-7,10-11,13,15,18H,3-5,8-9,12H2,1-2H3. The first-order chi connectivity index (χ1) is 9.79. The predicted octanol–water partition coefficient (Wildman–Crippen LogP) is 3.80. The van der Waals surface area contributed by atoms with Gasteiger partial charge in [0.1, 0.15) is 0 Å². The molecule has 1 unspecified atom stereocenters. The lowest BCUT2D eigenvalue weighted by Crippen LogP contribution is -2.22. The van der Waals surface area contributed by atoms with Crippen molar-refractivity contribution in [1.29, 1.82) is 0 Å². The van der Waals surface area contributed by atoms with Gasteiger partial charge in [-0.25, -0.2) is 0 Å². The van der Waals surface area contributed by atoms with Crippen LogP contribution in [0.4, 0.5) is 0 Å². The Labute approximate surface area is 121 Å². The van der Waals surface area contributed by atoms with Crippen molar-refractivity contribution in [3.05, 3.63) is 30.0 Å². The maximum Gasteiger partial charge on any atom is 0.0872 e. The van der Waals surface area contributed by atoms with Crippen LogP contribution in [0.2, 0.25) is 0 Å². The predicted molar refractivity (Wildman–Crippen MR) is 83.7 cm³/mol. The van der Waals surface area contributed by atoms with Crippen molar-refractivity contribution in [3.63, 3.8) is 0 Å². The number of nitrogens with zero attached hydrogens (tertiary/aromatic N) is 2. The molecule has 0 saturated heterocycles. The summed E-state index contributed by atoms with van der Waals surface area (Å²) in [6.07, 6.45) is 8.24. The third kappa shape index (κ3) is 2.59. The Morgan fingerprint density at radius 2 is 2.00 bits per heavy atom. The van der Waals surface area contributed by atoms with E-state index in [0.717, 1.165) is 5.92 Å². The van der Waals surface area contributed by atoms with Crippen LogP contribution < -0.4 is 5.32 Å². The highest BCUT2D eigenvalue weighted by Crippen LogP contribution is 2.33. The molecule has 1 aliphatic rings. The molecule has 3 heteroatoms. The lowest BCUT2D eigenvalue weighted by atomic mass is 9.84. The quantitative estimate of drug-likeness (QED) is 0.916. The van der Waals surface area contributed by atoms with Crippen molar-refractivity contribution in [2.45, 2.75) is 44.6 Å². The molecule has 1 heterocycles. The SMILES string of the molecule is CNC(CC1CCCCC1)c1nn(C)c2ccccc12. The number of aryl methyl sites for hydroxylation is 1. The van der Waals surface area contributed by atoms with E-state index in [1.54, 1.807) is 0 Å². The van der Waals surface area contributed by atoms with Gasteiger partial charge < -0.3 is 5.32 Å². The molecule has 0 spiro atoms. The summed E-state index contributed by atoms with van der Waals surface area (Å²) in [6.45, 7) is 0. The molecule has 1 aromatic heterocycles. The van der Waals surface area contributed by atoms with Gasteiger partial charge in [0.2, 0.25) is 0 Å². The summed E-state index contributed by atoms with van der Waals surface area (Å²) in [5, 5.41) is 9.57. The Balaban J connectivity index is 1.87. The smallest absolute Gasteiger partial charge is 0.0872 e. The number of benzene rings is 1. The summed E-state index contributed by atoms with van der Waals surface area (Å²) in [7, 11) is 4.11. The Kier molecular flexibility index (Phi) is 4.06. The number of para-hydroxylation sites is 1. The van der Waals surface area contributed by atoms with E-state index in [0.29, 0.717) is 6.04 Å². The van der Waals surface area contributed by atoms with Crippen molar-refractivity contribution in [1.82, 2.24) is 15.1 Å². The zero-order chi connectivity index (χ0) is 13.9. The fraction of sp³-hybridized carbons (Fsp3) is 0.588. The van der Waals surface area contributed by atoms with Gasteiger partial charge in [0, 0.05) is 12.4 Å². The minimum atomic E-state index is 0.379. The van der Waals surface area contributed by atoms with Crippen LogP contribution in [0.1, 0.15) is 50.3 Å². The number of rotatable bonds is 4. The summed E-state index contributed by atoms with van der Waals surface area (Å²) in [4.78, 5) is 0. The van der Waals surface area contributed by atoms with Crippen LogP contribution in [0.25, 0.3) is 10.9 Å². The van der Waals surface area contributed by atoms with Gasteiger partial charge in [-0.3, -0.25) is 4.68 Å². The lowest BCUT2D eigenvalue weighted by Gasteiger charge is -2.25. The van der Waals surface area contributed by atoms with Crippen LogP contribution in [0.3, 0.4) is 0 Å². The maximum absolute atomic E-state index is 4.78. The van der Waals surface area contributed by atoms with Crippen LogP contribution >= 0.6 is 0 Å². The summed E-state index contributed by atoms with van der Waals surface area (Å²) in [5.74, 6) is 0.863. The molecule has 0 bridgehead atoms. The molecular formula is C17H25N3. The highest BCUT2D eigenvalue weighted by atomic mass is 15.3. The molecule has 1 saturated carbocycles. The third-order valence-corrected chi connectivity index (χ3v) is 4.76. The van der Waals surface area contributed by atoms with Crippen LogP contribution in [0.5, 0.6) is 0 Å². The van der Waals surface area contributed by atoms with Crippen molar-refractivity contribution in [2.24, 2.45) is 13.0 Å². The van der Waals surface area contributed by atoms with Gasteiger partial charge in [-0.15, -0.1) is 0 Å². The van der Waals surface area contributed by atoms with Crippen LogP contribution in [-0.4, -0.2) is 16.8 Å². The molecule has 1 N–H and O–H groups in total. The van der Waals surface area contributed by atoms with Gasteiger partial charge in [-0.1, -0.05) is 50.3 Å². The average Bonchev–Trinajstić information content (AvgIpc) is 2.84. The molecule has 1 fully saturated rings. The highest BCUT2D eigenvalue weighted by Gasteiger charge is 2.22. The van der Waals surface area contributed by atoms with Crippen LogP contribution in [0.15, 0.2) is 24.3 Å². The zero-order valence-corrected chi connectivity index (χ0v) is 12.6. The van der Waals surface area contributed by atoms with Gasteiger partial charge in [0.15, 0.2) is 0 Å². The Morgan fingerprint density at radius 1 is 1.25 bits per heavy atom. The van der Waals surface area contributed by atoms with Gasteiger partial charge in [0.25, 0.3) is 0 Å². The average molecular weight is 271 g/mol. The van der Waals surface area contributed by atoms with Crippen molar-refractivity contribution in [3.8, 4) is 0 Å². The summed E-state index contributed by atoms with van der Waals surface area (Å²) >= 11 is 0. The summed E-state index contributed by atoms with van der Waals surface area (Å²) < 4.78 is 2.01. The van der Waals surface area contributed by atoms with E-state index in [2.05, 4.69) is 36.6 Å². The molecule has 3 nitrogen and oxygen atoms in total. The molecule has 0 radical (unpaired) electrons. The molecule has 108 valence electrons. The van der Waals surface area contributed by atoms with E-state index < -0.39 is 0 Å². The summed E-state index contributed by atoms with van der Waals surface area (Å²) in [6, 6.07) is 8.93. The number of fused-ring (bicyclic) bond motifs is 1. The summed E-state index contributed by atoms with van der Waals surface area (Å²) in [5.41, 5.74) is 2.45. The highest BCUT2D eigenvalue weighted by molar-refractivity contribution is 5.82. The van der Waals surface area contributed by atoms with Crippen molar-refractivity contribution in [2.75, 3.05) is 7.05 Å². The normalized spacial score (nSPS) is 18.5. The number of nitrogens with one attached hydrogen (secondary N) is 1. The molecule has 1 aromatic carbocycles. The lowest BCUT2D eigenvalue weighted by molar-refractivity contribution is 0.303. The zero-order valence-electron chi connectivity index (χ0n) is 12.6. The van der Waals surface area contributed by atoms with E-state index in [1.807, 2.05) is 11.7 Å². The molecule has 0 aliphatic heterocycles. The second-order valence-electron chi connectivity index (χ2n) is 6.11. The number of hydrogen-bond donors (Lipinski definition) is 1. The van der Waals surface area contributed by atoms with E-state index in [1.165, 1.54) is 55.1 Å². The van der Waals surface area contributed by atoms with E-state index in [-0.39, 0.29) is 0 Å². The van der Waals surface area contributed by atoms with Gasteiger partial charge in [0.05, 0.1) is 17.3 Å². The number of hydrogen-bond acceptors (Lipinski definition) is 2. The Morgan fingerprint density at radius 3 is 2.75 bits per heavy atom. The fourth-order valence-corrected chi connectivity index (χ4v) is 3.62. The van der Waals surface area contributed by atoms with Crippen LogP contribution in [0, 0.1) is 5.92 Å². The third-order valence-electron chi connectivity index (χ3n) is 4.76. The van der Waals surface area contributed by atoms with Crippen LogP contribution in [-0.2, 0) is 7.05 Å². The first kappa shape index (κ1) is 13.6. The van der Waals surface area contributed by atoms with Gasteiger partial charge in [-0.2, -0.15) is 5.10 Å². The maximum atomic E-state index is 4.78. The van der Waals surface area contributed by atoms with E-state index in [9.17, 15) is 0 Å². The molecule has 1 atom stereocenters. The second kappa shape index (κ2) is 5.96. The minimum absolute atomic E-state index is 0.379. The van der Waals surface area contributed by atoms with E-state index in [4.69, 9.17) is 5.10 Å². The van der Waals surface area contributed by atoms with Crippen molar-refractivity contribution >= 4 is 10.9 Å². The molecule has 3 rings (SSSR count). The largest absolute Gasteiger partial charge is 0.312 e. The van der Waals surface area contributed by atoms with E-state index >= 15 is 0 Å². The monoisotopic (exact) mass is 271 g/mol. The van der Waals surface area contributed by atoms with Gasteiger partial charge in [-0.05, 0) is 25.5 Å². The molecule has 20 heavy (non-hydrogen) atoms. The van der Waals surface area contributed by atoms with Gasteiger partial charge >= 0.3 is 0 Å². The molecule has 1 aliphatic carbocycles. The second-order valence-corrected chi connectivity index (χ2v) is 6.11. The number of aromatic nitrogens is 2. The topological polar surface area (TPSA) is 29.9 Å². The first-order valence-electron chi connectivity index (χ1n) is 7.88. The molecule has 2 aromatic rings. The Hall–Kier alpha value is -1.35. The first-order valence-corrected chi connectivity index (χ1v) is 7.88. The van der Waals surface area contributed by atoms with Crippen molar-refractivity contribution < 1.29 is 0 Å². The molecule has 0 amide bonds. The fourth-order valence-electron chi connectivity index (χ4n) is 3.62.